The average molecular weight is 290 g/mol. The van der Waals surface area contributed by atoms with Crippen LogP contribution in [0.5, 0.6) is 0 Å². The zero-order valence-corrected chi connectivity index (χ0v) is 10.9. The summed E-state index contributed by atoms with van der Waals surface area (Å²) in [4.78, 5) is 9.08. The Hall–Kier alpha value is -1.26. The first-order chi connectivity index (χ1) is 8.33. The first-order valence-corrected chi connectivity index (χ1v) is 6.44. The molecule has 17 heavy (non-hydrogen) atoms. The van der Waals surface area contributed by atoms with Gasteiger partial charge in [-0.3, -0.25) is 0 Å². The van der Waals surface area contributed by atoms with Gasteiger partial charge in [0.25, 0.3) is 0 Å². The highest BCUT2D eigenvalue weighted by molar-refractivity contribution is 9.10. The topological polar surface area (TPSA) is 37.8 Å². The number of hydrogen-bond acceptors (Lipinski definition) is 3. The van der Waals surface area contributed by atoms with Crippen molar-refractivity contribution >= 4 is 15.9 Å². The summed E-state index contributed by atoms with van der Waals surface area (Å²) in [6.07, 6.45) is 2.92. The molecule has 86 valence electrons. The van der Waals surface area contributed by atoms with Crippen LogP contribution in [0.2, 0.25) is 0 Å². The standard InChI is InChI=1S/C13H12BrN3/c14-11-3-1-2-9(6-11)13-16-8-10-7-15-5-4-12(10)17-13/h1-3,6,8,15H,4-5,7H2. The van der Waals surface area contributed by atoms with Crippen LogP contribution in [-0.4, -0.2) is 16.5 Å². The Kier molecular flexibility index (Phi) is 2.91. The second-order valence-electron chi connectivity index (χ2n) is 4.10. The van der Waals surface area contributed by atoms with Crippen LogP contribution in [-0.2, 0) is 13.0 Å². The summed E-state index contributed by atoms with van der Waals surface area (Å²) < 4.78 is 1.05. The van der Waals surface area contributed by atoms with E-state index in [4.69, 9.17) is 0 Å². The Bertz CT molecular complexity index is 554. The molecule has 0 fully saturated rings. The summed E-state index contributed by atoms with van der Waals surface area (Å²) in [6, 6.07) is 8.09. The normalized spacial score (nSPS) is 14.4. The van der Waals surface area contributed by atoms with Crippen LogP contribution in [0.25, 0.3) is 11.4 Å². The largest absolute Gasteiger partial charge is 0.312 e. The van der Waals surface area contributed by atoms with Crippen LogP contribution in [0.4, 0.5) is 0 Å². The summed E-state index contributed by atoms with van der Waals surface area (Å²) >= 11 is 3.47. The molecule has 0 aliphatic carbocycles. The monoisotopic (exact) mass is 289 g/mol. The van der Waals surface area contributed by atoms with E-state index in [-0.39, 0.29) is 0 Å². The van der Waals surface area contributed by atoms with Crippen molar-refractivity contribution in [3.8, 4) is 11.4 Å². The number of nitrogens with zero attached hydrogens (tertiary/aromatic N) is 2. The van der Waals surface area contributed by atoms with Crippen LogP contribution in [0.1, 0.15) is 11.3 Å². The van der Waals surface area contributed by atoms with Crippen LogP contribution < -0.4 is 5.32 Å². The molecule has 2 aromatic rings. The van der Waals surface area contributed by atoms with E-state index in [2.05, 4.69) is 31.2 Å². The molecule has 0 bridgehead atoms. The van der Waals surface area contributed by atoms with Gasteiger partial charge < -0.3 is 5.32 Å². The molecule has 0 saturated heterocycles. The fourth-order valence-corrected chi connectivity index (χ4v) is 2.40. The maximum atomic E-state index is 4.65. The highest BCUT2D eigenvalue weighted by atomic mass is 79.9. The van der Waals surface area contributed by atoms with Crippen LogP contribution in [0, 0.1) is 0 Å². The predicted molar refractivity (Wildman–Crippen MR) is 70.6 cm³/mol. The van der Waals surface area contributed by atoms with Crippen LogP contribution in [0.3, 0.4) is 0 Å². The molecule has 1 aliphatic rings. The van der Waals surface area contributed by atoms with Gasteiger partial charge in [-0.15, -0.1) is 0 Å². The lowest BCUT2D eigenvalue weighted by molar-refractivity contribution is 0.626. The van der Waals surface area contributed by atoms with E-state index in [0.29, 0.717) is 0 Å². The lowest BCUT2D eigenvalue weighted by Gasteiger charge is -2.16. The zero-order chi connectivity index (χ0) is 11.7. The van der Waals surface area contributed by atoms with Crippen molar-refractivity contribution in [2.24, 2.45) is 0 Å². The fraction of sp³-hybridized carbons (Fsp3) is 0.231. The minimum Gasteiger partial charge on any atom is -0.312 e. The van der Waals surface area contributed by atoms with Crippen molar-refractivity contribution in [3.63, 3.8) is 0 Å². The van der Waals surface area contributed by atoms with Gasteiger partial charge in [-0.2, -0.15) is 0 Å². The van der Waals surface area contributed by atoms with Gasteiger partial charge in [0.2, 0.25) is 0 Å². The third kappa shape index (κ3) is 2.23. The molecule has 1 N–H and O–H groups in total. The molecule has 0 unspecified atom stereocenters. The number of benzene rings is 1. The maximum Gasteiger partial charge on any atom is 0.159 e. The first-order valence-electron chi connectivity index (χ1n) is 5.64. The molecule has 4 heteroatoms. The second-order valence-corrected chi connectivity index (χ2v) is 5.02. The Balaban J connectivity index is 2.04. The Morgan fingerprint density at radius 1 is 1.29 bits per heavy atom. The van der Waals surface area contributed by atoms with Gasteiger partial charge in [-0.1, -0.05) is 28.1 Å². The summed E-state index contributed by atoms with van der Waals surface area (Å²) in [5.74, 6) is 0.812. The third-order valence-electron chi connectivity index (χ3n) is 2.89. The van der Waals surface area contributed by atoms with E-state index in [0.717, 1.165) is 35.4 Å². The molecule has 0 saturated carbocycles. The molecule has 0 amide bonds. The molecule has 0 atom stereocenters. The molecule has 0 radical (unpaired) electrons. The SMILES string of the molecule is Brc1cccc(-c2ncc3c(n2)CCNC3)c1. The summed E-state index contributed by atoms with van der Waals surface area (Å²) in [5.41, 5.74) is 3.45. The summed E-state index contributed by atoms with van der Waals surface area (Å²) in [5, 5.41) is 3.32. The lowest BCUT2D eigenvalue weighted by Crippen LogP contribution is -2.24. The van der Waals surface area contributed by atoms with Crippen molar-refractivity contribution in [1.29, 1.82) is 0 Å². The number of rotatable bonds is 1. The van der Waals surface area contributed by atoms with Crippen LogP contribution in [0.15, 0.2) is 34.9 Å². The highest BCUT2D eigenvalue weighted by Gasteiger charge is 2.12. The van der Waals surface area contributed by atoms with Gasteiger partial charge in [-0.05, 0) is 12.1 Å². The molecular weight excluding hydrogens is 278 g/mol. The highest BCUT2D eigenvalue weighted by Crippen LogP contribution is 2.21. The molecule has 1 aromatic carbocycles. The summed E-state index contributed by atoms with van der Waals surface area (Å²) in [7, 11) is 0. The number of halogens is 1. The van der Waals surface area contributed by atoms with E-state index >= 15 is 0 Å². The Labute approximate surface area is 108 Å². The van der Waals surface area contributed by atoms with Gasteiger partial charge >= 0.3 is 0 Å². The van der Waals surface area contributed by atoms with E-state index in [9.17, 15) is 0 Å². The quantitative estimate of drug-likeness (QED) is 0.877. The molecule has 1 aliphatic heterocycles. The summed E-state index contributed by atoms with van der Waals surface area (Å²) in [6.45, 7) is 1.88. The molecule has 1 aromatic heterocycles. The number of hydrogen-bond donors (Lipinski definition) is 1. The van der Waals surface area contributed by atoms with Crippen molar-refractivity contribution in [2.75, 3.05) is 6.54 Å². The third-order valence-corrected chi connectivity index (χ3v) is 3.38. The number of nitrogens with one attached hydrogen (secondary N) is 1. The molecule has 2 heterocycles. The molecule has 3 nitrogen and oxygen atoms in total. The smallest absolute Gasteiger partial charge is 0.159 e. The molecule has 3 rings (SSSR count). The number of aromatic nitrogens is 2. The second kappa shape index (κ2) is 4.55. The van der Waals surface area contributed by atoms with E-state index in [1.165, 1.54) is 11.3 Å². The fourth-order valence-electron chi connectivity index (χ4n) is 2.00. The van der Waals surface area contributed by atoms with Gasteiger partial charge in [0, 0.05) is 41.3 Å². The van der Waals surface area contributed by atoms with Gasteiger partial charge in [0.1, 0.15) is 0 Å². The van der Waals surface area contributed by atoms with Crippen molar-refractivity contribution in [1.82, 2.24) is 15.3 Å². The predicted octanol–water partition coefficient (Wildman–Crippen LogP) is 2.55. The van der Waals surface area contributed by atoms with Crippen LogP contribution >= 0.6 is 15.9 Å². The van der Waals surface area contributed by atoms with Crippen molar-refractivity contribution in [3.05, 3.63) is 46.2 Å². The van der Waals surface area contributed by atoms with Crippen molar-refractivity contribution < 1.29 is 0 Å². The minimum absolute atomic E-state index is 0.812. The van der Waals surface area contributed by atoms with E-state index < -0.39 is 0 Å². The van der Waals surface area contributed by atoms with Gasteiger partial charge in [0.15, 0.2) is 5.82 Å². The van der Waals surface area contributed by atoms with Gasteiger partial charge in [0.05, 0.1) is 5.69 Å². The Morgan fingerprint density at radius 3 is 3.12 bits per heavy atom. The van der Waals surface area contributed by atoms with Gasteiger partial charge in [-0.25, -0.2) is 9.97 Å². The van der Waals surface area contributed by atoms with Crippen molar-refractivity contribution in [2.45, 2.75) is 13.0 Å². The number of fused-ring (bicyclic) bond motifs is 1. The zero-order valence-electron chi connectivity index (χ0n) is 9.28. The van der Waals surface area contributed by atoms with E-state index in [1.807, 2.05) is 30.5 Å². The molecular formula is C13H12BrN3. The average Bonchev–Trinajstić information content (AvgIpc) is 2.38. The first kappa shape index (κ1) is 10.9. The lowest BCUT2D eigenvalue weighted by atomic mass is 10.1. The Morgan fingerprint density at radius 2 is 2.24 bits per heavy atom. The minimum atomic E-state index is 0.812. The van der Waals surface area contributed by atoms with E-state index in [1.54, 1.807) is 0 Å². The maximum absolute atomic E-state index is 4.65. The molecule has 0 spiro atoms.